The summed E-state index contributed by atoms with van der Waals surface area (Å²) in [7, 11) is 0. The number of carboxylic acid groups (broad SMARTS) is 1. The zero-order valence-electron chi connectivity index (χ0n) is 18.8. The predicted octanol–water partition coefficient (Wildman–Crippen LogP) is 3.93. The number of carbonyl (C=O) groups excluding carboxylic acids is 1. The first-order valence-corrected chi connectivity index (χ1v) is 11.5. The highest BCUT2D eigenvalue weighted by Crippen LogP contribution is 2.29. The highest BCUT2D eigenvalue weighted by Gasteiger charge is 2.25. The number of carbonyl (C=O) groups is 2. The third kappa shape index (κ3) is 6.52. The second-order valence-corrected chi connectivity index (χ2v) is 8.87. The van der Waals surface area contributed by atoms with Crippen molar-refractivity contribution < 1.29 is 24.2 Å². The van der Waals surface area contributed by atoms with Crippen molar-refractivity contribution in [2.75, 3.05) is 31.2 Å². The molecule has 0 aromatic carbocycles. The second-order valence-electron chi connectivity index (χ2n) is 8.11. The van der Waals surface area contributed by atoms with Crippen LogP contribution < -0.4 is 15.0 Å². The topological polar surface area (TPSA) is 117 Å². The first-order valence-electron chi connectivity index (χ1n) is 10.7. The maximum Gasteiger partial charge on any atom is 0.336 e. The molecular weight excluding hydrogens is 471 g/mol. The average molecular weight is 499 g/mol. The number of aryl methyl sites for hydroxylation is 1. The first kappa shape index (κ1) is 25.1. The lowest BCUT2D eigenvalue weighted by molar-refractivity contribution is 0.0542. The van der Waals surface area contributed by atoms with Gasteiger partial charge >= 0.3 is 5.97 Å². The zero-order chi connectivity index (χ0) is 24.1. The van der Waals surface area contributed by atoms with Crippen LogP contribution in [0, 0.1) is 6.92 Å². The first-order chi connectivity index (χ1) is 15.7. The van der Waals surface area contributed by atoms with Gasteiger partial charge in [-0.05, 0) is 39.7 Å². The minimum atomic E-state index is -1.05. The number of hydrogen-bond donors (Lipinski definition) is 3. The molecule has 0 bridgehead atoms. The zero-order valence-corrected chi connectivity index (χ0v) is 20.3. The lowest BCUT2D eigenvalue weighted by atomic mass is 10.0. The van der Waals surface area contributed by atoms with Crippen LogP contribution in [0.4, 0.5) is 5.82 Å². The Morgan fingerprint density at radius 3 is 2.52 bits per heavy atom. The van der Waals surface area contributed by atoms with Gasteiger partial charge < -0.3 is 29.8 Å². The number of ether oxygens (including phenoxy) is 2. The van der Waals surface area contributed by atoms with Crippen molar-refractivity contribution in [3.63, 3.8) is 0 Å². The number of anilines is 1. The number of rotatable bonds is 9. The van der Waals surface area contributed by atoms with Gasteiger partial charge in [0.2, 0.25) is 5.88 Å². The van der Waals surface area contributed by atoms with Gasteiger partial charge in [-0.1, -0.05) is 23.2 Å². The number of hydrogen-bond acceptors (Lipinski definition) is 6. The van der Waals surface area contributed by atoms with Crippen molar-refractivity contribution in [2.45, 2.75) is 45.8 Å². The van der Waals surface area contributed by atoms with E-state index in [-0.39, 0.29) is 46.8 Å². The van der Waals surface area contributed by atoms with Crippen molar-refractivity contribution >= 4 is 40.9 Å². The van der Waals surface area contributed by atoms with Crippen LogP contribution in [0.15, 0.2) is 12.1 Å². The molecule has 0 unspecified atom stereocenters. The highest BCUT2D eigenvalue weighted by atomic mass is 35.5. The van der Waals surface area contributed by atoms with E-state index < -0.39 is 5.97 Å². The van der Waals surface area contributed by atoms with Crippen molar-refractivity contribution in [1.82, 2.24) is 15.3 Å². The van der Waals surface area contributed by atoms with Gasteiger partial charge in [0.1, 0.15) is 18.1 Å². The number of aromatic amines is 1. The van der Waals surface area contributed by atoms with Gasteiger partial charge in [0, 0.05) is 30.9 Å². The van der Waals surface area contributed by atoms with Gasteiger partial charge in [-0.3, -0.25) is 4.79 Å². The Morgan fingerprint density at radius 1 is 1.24 bits per heavy atom. The molecule has 11 heteroatoms. The summed E-state index contributed by atoms with van der Waals surface area (Å²) < 4.78 is 11.1. The summed E-state index contributed by atoms with van der Waals surface area (Å²) in [6, 6.07) is 2.88. The van der Waals surface area contributed by atoms with Crippen LogP contribution in [0.5, 0.6) is 5.88 Å². The van der Waals surface area contributed by atoms with Crippen molar-refractivity contribution in [3.05, 3.63) is 39.1 Å². The van der Waals surface area contributed by atoms with Gasteiger partial charge in [-0.2, -0.15) is 4.98 Å². The SMILES string of the molecule is Cc1[nH]c(C(=O)NC2CCN(c3cc(C(=O)O)cc(OCCOC(C)C)n3)CC2)c(Cl)c1Cl. The molecule has 1 aliphatic rings. The van der Waals surface area contributed by atoms with Crippen LogP contribution >= 0.6 is 23.2 Å². The molecule has 1 fully saturated rings. The van der Waals surface area contributed by atoms with Crippen molar-refractivity contribution in [1.29, 1.82) is 0 Å². The van der Waals surface area contributed by atoms with Gasteiger partial charge in [-0.15, -0.1) is 0 Å². The Bertz CT molecular complexity index is 1000. The normalized spacial score (nSPS) is 14.5. The summed E-state index contributed by atoms with van der Waals surface area (Å²) in [6.45, 7) is 7.44. The minimum Gasteiger partial charge on any atom is -0.478 e. The molecule has 1 amide bonds. The van der Waals surface area contributed by atoms with E-state index in [1.807, 2.05) is 18.7 Å². The van der Waals surface area contributed by atoms with E-state index in [2.05, 4.69) is 15.3 Å². The highest BCUT2D eigenvalue weighted by molar-refractivity contribution is 6.44. The predicted molar refractivity (Wildman–Crippen MR) is 126 cm³/mol. The monoisotopic (exact) mass is 498 g/mol. The Morgan fingerprint density at radius 2 is 1.94 bits per heavy atom. The van der Waals surface area contributed by atoms with Crippen LogP contribution in [-0.2, 0) is 4.74 Å². The molecular formula is C22H28Cl2N4O5. The molecule has 1 saturated heterocycles. The van der Waals surface area contributed by atoms with E-state index in [9.17, 15) is 14.7 Å². The number of aromatic carboxylic acids is 1. The largest absolute Gasteiger partial charge is 0.478 e. The number of pyridine rings is 1. The molecule has 0 spiro atoms. The van der Waals surface area contributed by atoms with Gasteiger partial charge in [-0.25, -0.2) is 4.79 Å². The van der Waals surface area contributed by atoms with E-state index >= 15 is 0 Å². The molecule has 3 rings (SSSR count). The van der Waals surface area contributed by atoms with E-state index in [0.29, 0.717) is 49.1 Å². The number of nitrogens with zero attached hydrogens (tertiary/aromatic N) is 2. The average Bonchev–Trinajstić information content (AvgIpc) is 3.04. The number of piperidine rings is 1. The Kier molecular flexibility index (Phi) is 8.45. The Balaban J connectivity index is 1.61. The summed E-state index contributed by atoms with van der Waals surface area (Å²) in [5, 5.41) is 13.0. The van der Waals surface area contributed by atoms with Crippen LogP contribution in [0.2, 0.25) is 10.0 Å². The Hall–Kier alpha value is -2.49. The molecule has 3 N–H and O–H groups in total. The minimum absolute atomic E-state index is 0.0567. The Labute approximate surface area is 202 Å². The molecule has 2 aromatic rings. The summed E-state index contributed by atoms with van der Waals surface area (Å²) in [4.78, 5) is 33.5. The molecule has 33 heavy (non-hydrogen) atoms. The number of carboxylic acids is 1. The molecule has 0 radical (unpaired) electrons. The standard InChI is InChI=1S/C22H28Cl2N4O5/c1-12(2)32-8-9-33-17-11-14(22(30)31)10-16(27-17)28-6-4-15(5-7-28)26-21(29)20-19(24)18(23)13(3)25-20/h10-12,15,25H,4-9H2,1-3H3,(H,26,29)(H,30,31). The number of H-pyrrole nitrogens is 1. The number of amides is 1. The van der Waals surface area contributed by atoms with Crippen molar-refractivity contribution in [2.24, 2.45) is 0 Å². The van der Waals surface area contributed by atoms with Crippen LogP contribution in [0.25, 0.3) is 0 Å². The maximum absolute atomic E-state index is 12.6. The molecule has 2 aromatic heterocycles. The number of aromatic nitrogens is 2. The lowest BCUT2D eigenvalue weighted by Crippen LogP contribution is -2.45. The summed E-state index contributed by atoms with van der Waals surface area (Å²) in [6.07, 6.45) is 1.40. The lowest BCUT2D eigenvalue weighted by Gasteiger charge is -2.33. The molecule has 0 atom stereocenters. The van der Waals surface area contributed by atoms with Gasteiger partial charge in [0.05, 0.1) is 28.3 Å². The fourth-order valence-electron chi connectivity index (χ4n) is 3.52. The van der Waals surface area contributed by atoms with E-state index in [4.69, 9.17) is 32.7 Å². The smallest absolute Gasteiger partial charge is 0.336 e. The third-order valence-corrected chi connectivity index (χ3v) is 6.20. The quantitative estimate of drug-likeness (QED) is 0.448. The molecule has 3 heterocycles. The molecule has 0 saturated carbocycles. The molecule has 0 aliphatic carbocycles. The molecule has 1 aliphatic heterocycles. The fraction of sp³-hybridized carbons (Fsp3) is 0.500. The molecule has 180 valence electrons. The molecule has 9 nitrogen and oxygen atoms in total. The fourth-order valence-corrected chi connectivity index (χ4v) is 3.94. The van der Waals surface area contributed by atoms with E-state index in [1.165, 1.54) is 12.1 Å². The number of halogens is 2. The van der Waals surface area contributed by atoms with Crippen molar-refractivity contribution in [3.8, 4) is 5.88 Å². The summed E-state index contributed by atoms with van der Waals surface area (Å²) in [5.74, 6) is -0.602. The van der Waals surface area contributed by atoms with E-state index in [0.717, 1.165) is 0 Å². The van der Waals surface area contributed by atoms with Crippen LogP contribution in [0.1, 0.15) is 53.2 Å². The van der Waals surface area contributed by atoms with Gasteiger partial charge in [0.15, 0.2) is 0 Å². The summed E-state index contributed by atoms with van der Waals surface area (Å²) in [5.41, 5.74) is 0.990. The van der Waals surface area contributed by atoms with Gasteiger partial charge in [0.25, 0.3) is 5.91 Å². The number of nitrogens with one attached hydrogen (secondary N) is 2. The summed E-state index contributed by atoms with van der Waals surface area (Å²) >= 11 is 12.2. The van der Waals surface area contributed by atoms with E-state index in [1.54, 1.807) is 6.92 Å². The second kappa shape index (κ2) is 11.1. The third-order valence-electron chi connectivity index (χ3n) is 5.25. The van der Waals surface area contributed by atoms with Crippen LogP contribution in [0.3, 0.4) is 0 Å². The maximum atomic E-state index is 12.6. The van der Waals surface area contributed by atoms with Crippen LogP contribution in [-0.4, -0.2) is 65.4 Å².